The highest BCUT2D eigenvalue weighted by Crippen LogP contribution is 2.41. The molecule has 0 spiro atoms. The first kappa shape index (κ1) is 25.5. The van der Waals surface area contributed by atoms with Crippen molar-refractivity contribution in [2.45, 2.75) is 46.1 Å². The van der Waals surface area contributed by atoms with Crippen LogP contribution in [0.15, 0.2) is 64.1 Å². The van der Waals surface area contributed by atoms with Gasteiger partial charge in [0.25, 0.3) is 5.56 Å². The molecule has 2 aromatic carbocycles. The summed E-state index contributed by atoms with van der Waals surface area (Å²) in [6.07, 6.45) is 3.39. The molecule has 0 saturated heterocycles. The normalized spacial score (nSPS) is 12.0. The van der Waals surface area contributed by atoms with Crippen LogP contribution in [0, 0.1) is 12.7 Å². The molecule has 5 aromatic rings. The minimum absolute atomic E-state index is 0.204. The number of ether oxygens (including phenoxy) is 1. The zero-order valence-electron chi connectivity index (χ0n) is 22.2. The van der Waals surface area contributed by atoms with E-state index in [0.717, 1.165) is 5.82 Å². The highest BCUT2D eigenvalue weighted by atomic mass is 19.1. The second kappa shape index (κ2) is 9.29. The predicted molar refractivity (Wildman–Crippen MR) is 145 cm³/mol. The summed E-state index contributed by atoms with van der Waals surface area (Å²) in [6.45, 7) is 9.23. The fraction of sp³-hybridized carbons (Fsp3) is 0.267. The minimum atomic E-state index is -1.13. The summed E-state index contributed by atoms with van der Waals surface area (Å²) >= 11 is 0. The first-order valence-corrected chi connectivity index (χ1v) is 12.4. The summed E-state index contributed by atoms with van der Waals surface area (Å²) < 4.78 is 27.8. The molecule has 0 amide bonds. The number of pyridine rings is 1. The van der Waals surface area contributed by atoms with Gasteiger partial charge in [0.15, 0.2) is 5.76 Å². The molecule has 2 N–H and O–H groups in total. The van der Waals surface area contributed by atoms with Crippen molar-refractivity contribution < 1.29 is 18.7 Å². The highest BCUT2D eigenvalue weighted by Gasteiger charge is 2.23. The molecule has 5 rings (SSSR count). The first-order chi connectivity index (χ1) is 17.9. The van der Waals surface area contributed by atoms with Crippen LogP contribution in [-0.2, 0) is 12.6 Å². The van der Waals surface area contributed by atoms with Crippen LogP contribution in [-0.4, -0.2) is 19.6 Å². The molecule has 8 heteroatoms. The van der Waals surface area contributed by atoms with Crippen molar-refractivity contribution in [2.75, 3.05) is 0 Å². The molecule has 0 aliphatic rings. The van der Waals surface area contributed by atoms with E-state index < -0.39 is 5.60 Å². The van der Waals surface area contributed by atoms with E-state index in [1.54, 1.807) is 64.5 Å². The Hall–Kier alpha value is -4.17. The molecule has 0 unspecified atom stereocenters. The maximum absolute atomic E-state index is 13.7. The van der Waals surface area contributed by atoms with Crippen molar-refractivity contribution in [2.24, 2.45) is 7.05 Å². The summed E-state index contributed by atoms with van der Waals surface area (Å²) in [5, 5.41) is 11.2. The van der Waals surface area contributed by atoms with E-state index in [-0.39, 0.29) is 17.3 Å². The lowest BCUT2D eigenvalue weighted by Gasteiger charge is -2.21. The van der Waals surface area contributed by atoms with E-state index in [9.17, 15) is 14.3 Å². The number of rotatable bonds is 6. The van der Waals surface area contributed by atoms with Crippen LogP contribution in [0.1, 0.15) is 50.6 Å². The van der Waals surface area contributed by atoms with Gasteiger partial charge in [-0.05, 0) is 68.3 Å². The lowest BCUT2D eigenvalue weighted by atomic mass is 9.93. The Morgan fingerprint density at radius 1 is 1.11 bits per heavy atom. The molecule has 3 heterocycles. The average Bonchev–Trinajstić information content (AvgIpc) is 3.51. The number of imidazole rings is 1. The lowest BCUT2D eigenvalue weighted by Crippen LogP contribution is -2.17. The molecule has 0 aliphatic carbocycles. The number of benzene rings is 2. The van der Waals surface area contributed by atoms with Gasteiger partial charge in [0, 0.05) is 30.3 Å². The van der Waals surface area contributed by atoms with E-state index in [1.165, 1.54) is 16.7 Å². The average molecular weight is 516 g/mol. The van der Waals surface area contributed by atoms with E-state index in [1.807, 2.05) is 19.9 Å². The molecule has 0 saturated carbocycles. The van der Waals surface area contributed by atoms with E-state index >= 15 is 0 Å². The number of halogens is 1. The lowest BCUT2D eigenvalue weighted by molar-refractivity contribution is 0.0786. The summed E-state index contributed by atoms with van der Waals surface area (Å²) in [5.74, 6) is 2.11. The number of furan rings is 1. The maximum Gasteiger partial charge on any atom is 0.261 e. The van der Waals surface area contributed by atoms with Gasteiger partial charge in [-0.2, -0.15) is 0 Å². The number of aliphatic hydroxyl groups is 1. The standard InChI is InChI=1S/C30H30FN3O4/c1-16(2)28-32-14-23(33-28)26-13-21-27(38-26)22(15-34(6)29(21)35)20-12-18(30(4,5)36)7-9-25(20)37-24-10-8-19(31)11-17(24)3/h7-16,36H,1-6H3,(H,32,33). The quantitative estimate of drug-likeness (QED) is 0.260. The highest BCUT2D eigenvalue weighted by molar-refractivity contribution is 5.95. The number of aromatic amines is 1. The Morgan fingerprint density at radius 3 is 2.50 bits per heavy atom. The zero-order chi connectivity index (χ0) is 27.4. The third-order valence-corrected chi connectivity index (χ3v) is 6.59. The fourth-order valence-corrected chi connectivity index (χ4v) is 4.39. The van der Waals surface area contributed by atoms with E-state index in [4.69, 9.17) is 9.15 Å². The molecule has 0 radical (unpaired) electrons. The van der Waals surface area contributed by atoms with Crippen LogP contribution < -0.4 is 10.3 Å². The van der Waals surface area contributed by atoms with Gasteiger partial charge in [-0.3, -0.25) is 4.79 Å². The molecule has 0 bridgehead atoms. The summed E-state index contributed by atoms with van der Waals surface area (Å²) in [7, 11) is 1.68. The van der Waals surface area contributed by atoms with Crippen LogP contribution in [0.4, 0.5) is 4.39 Å². The van der Waals surface area contributed by atoms with Crippen LogP contribution >= 0.6 is 0 Å². The number of nitrogens with one attached hydrogen (secondary N) is 1. The Morgan fingerprint density at radius 2 is 1.84 bits per heavy atom. The fourth-order valence-electron chi connectivity index (χ4n) is 4.39. The molecule has 38 heavy (non-hydrogen) atoms. The van der Waals surface area contributed by atoms with Crippen LogP contribution in [0.2, 0.25) is 0 Å². The summed E-state index contributed by atoms with van der Waals surface area (Å²) in [6, 6.07) is 11.4. The molecule has 0 aliphatic heterocycles. The largest absolute Gasteiger partial charge is 0.456 e. The van der Waals surface area contributed by atoms with Gasteiger partial charge < -0.3 is 23.8 Å². The van der Waals surface area contributed by atoms with Crippen molar-refractivity contribution >= 4 is 11.0 Å². The monoisotopic (exact) mass is 515 g/mol. The topological polar surface area (TPSA) is 93.3 Å². The number of hydrogen-bond donors (Lipinski definition) is 2. The third kappa shape index (κ3) is 4.63. The van der Waals surface area contributed by atoms with Gasteiger partial charge in [0.1, 0.15) is 34.4 Å². The van der Waals surface area contributed by atoms with Crippen molar-refractivity contribution in [3.63, 3.8) is 0 Å². The number of H-pyrrole nitrogens is 1. The van der Waals surface area contributed by atoms with Crippen molar-refractivity contribution in [1.82, 2.24) is 14.5 Å². The number of fused-ring (bicyclic) bond motifs is 1. The number of nitrogens with zero attached hydrogens (tertiary/aromatic N) is 2. The van der Waals surface area contributed by atoms with E-state index in [2.05, 4.69) is 9.97 Å². The smallest absolute Gasteiger partial charge is 0.261 e. The van der Waals surface area contributed by atoms with Gasteiger partial charge >= 0.3 is 0 Å². The van der Waals surface area contributed by atoms with Crippen LogP contribution in [0.5, 0.6) is 11.5 Å². The summed E-state index contributed by atoms with van der Waals surface area (Å²) in [5.41, 5.74) is 2.22. The maximum atomic E-state index is 13.7. The van der Waals surface area contributed by atoms with Gasteiger partial charge in [0.05, 0.1) is 17.2 Å². The second-order valence-corrected chi connectivity index (χ2v) is 10.4. The van der Waals surface area contributed by atoms with E-state index in [0.29, 0.717) is 56.2 Å². The van der Waals surface area contributed by atoms with Gasteiger partial charge in [0.2, 0.25) is 0 Å². The Kier molecular flexibility index (Phi) is 6.23. The third-order valence-electron chi connectivity index (χ3n) is 6.59. The van der Waals surface area contributed by atoms with Gasteiger partial charge in [-0.25, -0.2) is 9.37 Å². The molecule has 196 valence electrons. The zero-order valence-corrected chi connectivity index (χ0v) is 22.2. The molecular formula is C30H30FN3O4. The number of aromatic nitrogens is 3. The number of aryl methyl sites for hydroxylation is 2. The van der Waals surface area contributed by atoms with Gasteiger partial charge in [-0.15, -0.1) is 0 Å². The molecule has 0 fully saturated rings. The molecule has 0 atom stereocenters. The Labute approximate surface area is 219 Å². The van der Waals surface area contributed by atoms with Crippen molar-refractivity contribution in [3.8, 4) is 34.1 Å². The minimum Gasteiger partial charge on any atom is -0.456 e. The Bertz CT molecular complexity index is 1720. The first-order valence-electron chi connectivity index (χ1n) is 12.4. The second-order valence-electron chi connectivity index (χ2n) is 10.4. The van der Waals surface area contributed by atoms with Crippen LogP contribution in [0.3, 0.4) is 0 Å². The molecule has 3 aromatic heterocycles. The van der Waals surface area contributed by atoms with Gasteiger partial charge in [-0.1, -0.05) is 19.9 Å². The Balaban J connectivity index is 1.74. The molecular weight excluding hydrogens is 485 g/mol. The number of hydrogen-bond acceptors (Lipinski definition) is 5. The van der Waals surface area contributed by atoms with Crippen molar-refractivity contribution in [1.29, 1.82) is 0 Å². The predicted octanol–water partition coefficient (Wildman–Crippen LogP) is 6.78. The SMILES string of the molecule is Cc1cc(F)ccc1Oc1ccc(C(C)(C)O)cc1-c1cn(C)c(=O)c2cc(-c3cnc(C(C)C)[nH]3)oc12. The van der Waals surface area contributed by atoms with Crippen LogP contribution in [0.25, 0.3) is 33.6 Å². The van der Waals surface area contributed by atoms with Crippen molar-refractivity contribution in [3.05, 3.63) is 88.0 Å². The molecule has 7 nitrogen and oxygen atoms in total. The summed E-state index contributed by atoms with van der Waals surface area (Å²) in [4.78, 5) is 20.8.